The van der Waals surface area contributed by atoms with Crippen molar-refractivity contribution in [2.24, 2.45) is 0 Å². The Morgan fingerprint density at radius 1 is 0.400 bits per heavy atom. The van der Waals surface area contributed by atoms with Crippen molar-refractivity contribution in [3.05, 3.63) is 164 Å². The van der Waals surface area contributed by atoms with Crippen LogP contribution >= 0.6 is 0 Å². The minimum atomic E-state index is -3.92. The van der Waals surface area contributed by atoms with Crippen LogP contribution in [-0.2, 0) is 21.0 Å². The zero-order valence-electron chi connectivity index (χ0n) is 24.4. The van der Waals surface area contributed by atoms with Crippen molar-refractivity contribution in [2.45, 2.75) is 14.7 Å². The maximum absolute atomic E-state index is 9.08. The van der Waals surface area contributed by atoms with Gasteiger partial charge in [-0.15, -0.1) is 0 Å². The van der Waals surface area contributed by atoms with Crippen LogP contribution in [0.15, 0.2) is 178 Å². The Hall–Kier alpha value is -5.02. The van der Waals surface area contributed by atoms with Crippen LogP contribution in [0.5, 0.6) is 34.5 Å². The fraction of sp³-hybridized carbons (Fsp3) is 0.0270. The van der Waals surface area contributed by atoms with Gasteiger partial charge in [-0.3, -0.25) is 0 Å². The van der Waals surface area contributed by atoms with Gasteiger partial charge >= 0.3 is 0 Å². The van der Waals surface area contributed by atoms with E-state index in [0.717, 1.165) is 34.5 Å². The topological polar surface area (TPSA) is 84.9 Å². The standard InChI is InChI=1S/C36H27O3S.CH4O3S/c1-4-10-28(11-5-1)37-31-16-22-34(23-17-31)40(35-24-18-32(19-25-35)38-29-12-6-2-7-13-29)36-26-20-33(21-27-36)39-30-14-8-3-9-15-30;1-5(2,3)4/h1-27H;1H3,(H,2,3,4)/q+1;/p-1. The predicted molar refractivity (Wildman–Crippen MR) is 177 cm³/mol. The number of rotatable bonds is 9. The molecule has 45 heavy (non-hydrogen) atoms. The molecule has 0 saturated heterocycles. The van der Waals surface area contributed by atoms with Crippen molar-refractivity contribution in [3.8, 4) is 34.5 Å². The molecule has 6 aromatic rings. The molecule has 0 atom stereocenters. The van der Waals surface area contributed by atoms with E-state index in [4.69, 9.17) is 27.2 Å². The van der Waals surface area contributed by atoms with Crippen LogP contribution in [0.3, 0.4) is 0 Å². The first-order valence-electron chi connectivity index (χ1n) is 13.9. The maximum Gasteiger partial charge on any atom is 0.166 e. The number of hydrogen-bond donors (Lipinski definition) is 0. The van der Waals surface area contributed by atoms with Crippen molar-refractivity contribution >= 4 is 21.0 Å². The zero-order chi connectivity index (χ0) is 31.5. The quantitative estimate of drug-likeness (QED) is 0.116. The van der Waals surface area contributed by atoms with Crippen LogP contribution in [0.4, 0.5) is 0 Å². The van der Waals surface area contributed by atoms with Gasteiger partial charge in [0, 0.05) is 6.26 Å². The molecule has 0 radical (unpaired) electrons. The summed E-state index contributed by atoms with van der Waals surface area (Å²) in [5, 5.41) is 0. The van der Waals surface area contributed by atoms with E-state index in [0.29, 0.717) is 6.26 Å². The second kappa shape index (κ2) is 15.1. The Bertz CT molecular complexity index is 1650. The minimum Gasteiger partial charge on any atom is -0.748 e. The van der Waals surface area contributed by atoms with Crippen LogP contribution in [-0.4, -0.2) is 19.2 Å². The fourth-order valence-electron chi connectivity index (χ4n) is 4.21. The molecule has 0 heterocycles. The van der Waals surface area contributed by atoms with Gasteiger partial charge < -0.3 is 18.8 Å². The van der Waals surface area contributed by atoms with E-state index in [-0.39, 0.29) is 10.9 Å². The Labute approximate surface area is 266 Å². The van der Waals surface area contributed by atoms with E-state index >= 15 is 0 Å². The summed E-state index contributed by atoms with van der Waals surface area (Å²) in [4.78, 5) is 3.57. The third kappa shape index (κ3) is 10.0. The Morgan fingerprint density at radius 3 is 0.822 bits per heavy atom. The molecule has 0 aliphatic heterocycles. The minimum absolute atomic E-state index is 0.346. The lowest BCUT2D eigenvalue weighted by atomic mass is 10.3. The summed E-state index contributed by atoms with van der Waals surface area (Å²) in [6.07, 6.45) is 0.604. The highest BCUT2D eigenvalue weighted by Crippen LogP contribution is 2.35. The Morgan fingerprint density at radius 2 is 0.600 bits per heavy atom. The smallest absolute Gasteiger partial charge is 0.166 e. The molecule has 6 aromatic carbocycles. The highest BCUT2D eigenvalue weighted by molar-refractivity contribution is 7.97. The number of benzene rings is 6. The van der Waals surface area contributed by atoms with E-state index in [1.54, 1.807) is 0 Å². The highest BCUT2D eigenvalue weighted by Gasteiger charge is 2.29. The molecule has 6 rings (SSSR count). The van der Waals surface area contributed by atoms with E-state index in [1.165, 1.54) is 14.7 Å². The average molecular weight is 635 g/mol. The van der Waals surface area contributed by atoms with Gasteiger partial charge in [-0.25, -0.2) is 8.42 Å². The van der Waals surface area contributed by atoms with Gasteiger partial charge in [-0.2, -0.15) is 0 Å². The second-order valence-corrected chi connectivity index (χ2v) is 13.1. The van der Waals surface area contributed by atoms with Crippen LogP contribution in [0.25, 0.3) is 0 Å². The second-order valence-electron chi connectivity index (χ2n) is 9.67. The fourth-order valence-corrected chi connectivity index (χ4v) is 6.25. The molecule has 0 amide bonds. The normalized spacial score (nSPS) is 10.8. The maximum atomic E-state index is 9.08. The van der Waals surface area contributed by atoms with Gasteiger partial charge in [0.2, 0.25) is 0 Å². The molecule has 0 aliphatic rings. The molecular weight excluding hydrogens is 605 g/mol. The third-order valence-electron chi connectivity index (χ3n) is 6.12. The van der Waals surface area contributed by atoms with Crippen molar-refractivity contribution in [1.82, 2.24) is 0 Å². The molecule has 6 nitrogen and oxygen atoms in total. The number of para-hydroxylation sites is 3. The van der Waals surface area contributed by atoms with E-state index in [2.05, 4.69) is 36.4 Å². The first kappa shape index (κ1) is 31.4. The van der Waals surface area contributed by atoms with Crippen molar-refractivity contribution in [2.75, 3.05) is 6.26 Å². The molecule has 0 unspecified atom stereocenters. The summed E-state index contributed by atoms with van der Waals surface area (Å²) < 4.78 is 45.3. The molecule has 0 spiro atoms. The van der Waals surface area contributed by atoms with Crippen LogP contribution < -0.4 is 14.2 Å². The lowest BCUT2D eigenvalue weighted by Crippen LogP contribution is -2.05. The predicted octanol–water partition coefficient (Wildman–Crippen LogP) is 9.32. The molecule has 0 saturated carbocycles. The monoisotopic (exact) mass is 634 g/mol. The molecule has 0 fully saturated rings. The molecule has 0 N–H and O–H groups in total. The average Bonchev–Trinajstić information content (AvgIpc) is 3.04. The SMILES string of the molecule is CS(=O)(=O)[O-].c1ccc(Oc2ccc([S+](c3ccc(Oc4ccccc4)cc3)c3ccc(Oc4ccccc4)cc3)cc2)cc1. The molecular formula is C37H30O6S2. The largest absolute Gasteiger partial charge is 0.748 e. The number of ether oxygens (including phenoxy) is 3. The highest BCUT2D eigenvalue weighted by atomic mass is 32.2. The molecule has 226 valence electrons. The summed E-state index contributed by atoms with van der Waals surface area (Å²) in [6.45, 7) is 0. The summed E-state index contributed by atoms with van der Waals surface area (Å²) in [7, 11) is -4.26. The summed E-state index contributed by atoms with van der Waals surface area (Å²) in [6, 6.07) is 54.5. The van der Waals surface area contributed by atoms with Crippen molar-refractivity contribution in [3.63, 3.8) is 0 Å². The van der Waals surface area contributed by atoms with Crippen molar-refractivity contribution in [1.29, 1.82) is 0 Å². The van der Waals surface area contributed by atoms with Gasteiger partial charge in [-0.05, 0) is 109 Å². The van der Waals surface area contributed by atoms with Gasteiger partial charge in [-0.1, -0.05) is 54.6 Å². The number of hydrogen-bond acceptors (Lipinski definition) is 6. The van der Waals surface area contributed by atoms with Crippen molar-refractivity contribution < 1.29 is 27.2 Å². The van der Waals surface area contributed by atoms with Gasteiger partial charge in [0.05, 0.1) is 21.0 Å². The zero-order valence-corrected chi connectivity index (χ0v) is 26.0. The van der Waals surface area contributed by atoms with E-state index in [1.807, 2.05) is 127 Å². The van der Waals surface area contributed by atoms with Gasteiger partial charge in [0.1, 0.15) is 34.5 Å². The Balaban J connectivity index is 0.000000743. The lowest BCUT2D eigenvalue weighted by molar-refractivity contribution is 0.470. The van der Waals surface area contributed by atoms with Crippen LogP contribution in [0.2, 0.25) is 0 Å². The molecule has 0 bridgehead atoms. The van der Waals surface area contributed by atoms with Crippen LogP contribution in [0.1, 0.15) is 0 Å². The summed E-state index contributed by atoms with van der Waals surface area (Å²) in [5.41, 5.74) is 0. The van der Waals surface area contributed by atoms with Crippen LogP contribution in [0, 0.1) is 0 Å². The summed E-state index contributed by atoms with van der Waals surface area (Å²) in [5.74, 6) is 4.86. The molecule has 0 aliphatic carbocycles. The molecule has 8 heteroatoms. The van der Waals surface area contributed by atoms with Gasteiger partial charge in [0.25, 0.3) is 0 Å². The lowest BCUT2D eigenvalue weighted by Gasteiger charge is -2.11. The molecule has 0 aromatic heterocycles. The summed E-state index contributed by atoms with van der Waals surface area (Å²) >= 11 is 0. The van der Waals surface area contributed by atoms with Gasteiger partial charge in [0.15, 0.2) is 14.7 Å². The van der Waals surface area contributed by atoms with E-state index < -0.39 is 10.1 Å². The third-order valence-corrected chi connectivity index (χ3v) is 8.35. The first-order valence-corrected chi connectivity index (χ1v) is 17.0. The first-order chi connectivity index (χ1) is 21.8. The van der Waals surface area contributed by atoms with E-state index in [9.17, 15) is 0 Å². The Kier molecular flexibility index (Phi) is 10.6.